The Hall–Kier alpha value is -4.12. The van der Waals surface area contributed by atoms with Crippen molar-refractivity contribution in [1.82, 2.24) is 0 Å². The van der Waals surface area contributed by atoms with E-state index in [1.54, 1.807) is 36.4 Å². The summed E-state index contributed by atoms with van der Waals surface area (Å²) in [7, 11) is -0.328. The molecular weight excluding hydrogens is 450 g/mol. The second kappa shape index (κ2) is 9.57. The largest absolute Gasteiger partial charge is 0.497 e. The highest BCUT2D eigenvalue weighted by Gasteiger charge is 2.32. The van der Waals surface area contributed by atoms with Gasteiger partial charge in [-0.2, -0.15) is 0 Å². The van der Waals surface area contributed by atoms with Crippen molar-refractivity contribution in [3.8, 4) is 11.5 Å². The summed E-state index contributed by atoms with van der Waals surface area (Å²) in [6.45, 7) is 0. The molecule has 10 nitrogen and oxygen atoms in total. The molecule has 3 aromatic rings. The van der Waals surface area contributed by atoms with Gasteiger partial charge in [-0.15, -0.1) is 0 Å². The number of benzene rings is 3. The van der Waals surface area contributed by atoms with Gasteiger partial charge in [0.05, 0.1) is 36.5 Å². The lowest BCUT2D eigenvalue weighted by molar-refractivity contribution is -0.387. The fourth-order valence-corrected chi connectivity index (χ4v) is 4.43. The van der Waals surface area contributed by atoms with Crippen LogP contribution in [0.3, 0.4) is 0 Å². The quantitative estimate of drug-likeness (QED) is 0.392. The Labute approximate surface area is 190 Å². The molecule has 0 spiro atoms. The molecular formula is C22H21N3O7S. The van der Waals surface area contributed by atoms with Gasteiger partial charge in [0.15, 0.2) is 4.90 Å². The molecule has 11 heteroatoms. The first-order valence-electron chi connectivity index (χ1n) is 9.55. The highest BCUT2D eigenvalue weighted by Crippen LogP contribution is 2.33. The Morgan fingerprint density at radius 2 is 1.58 bits per heavy atom. The summed E-state index contributed by atoms with van der Waals surface area (Å²) < 4.78 is 37.5. The first-order valence-corrected chi connectivity index (χ1v) is 11.0. The molecule has 0 heterocycles. The van der Waals surface area contributed by atoms with Crippen LogP contribution < -0.4 is 19.1 Å². The second-order valence-corrected chi connectivity index (χ2v) is 8.70. The van der Waals surface area contributed by atoms with Crippen molar-refractivity contribution in [2.24, 2.45) is 0 Å². The summed E-state index contributed by atoms with van der Waals surface area (Å²) in [5, 5.41) is 14.2. The number of anilines is 2. The third-order valence-electron chi connectivity index (χ3n) is 4.84. The first kappa shape index (κ1) is 23.5. The Kier molecular flexibility index (Phi) is 6.83. The SMILES string of the molecule is COc1ccc(NC(=O)c2ccccc2N(C)S(=O)(=O)c2ccc(OC)cc2[N+](=O)[O-])cc1. The van der Waals surface area contributed by atoms with E-state index < -0.39 is 31.4 Å². The number of nitro groups is 1. The zero-order valence-electron chi connectivity index (χ0n) is 18.0. The summed E-state index contributed by atoms with van der Waals surface area (Å²) in [5.74, 6) is 0.199. The molecule has 0 saturated carbocycles. The maximum absolute atomic E-state index is 13.3. The van der Waals surface area contributed by atoms with Gasteiger partial charge in [-0.1, -0.05) is 12.1 Å². The van der Waals surface area contributed by atoms with Gasteiger partial charge in [-0.05, 0) is 48.5 Å². The van der Waals surface area contributed by atoms with E-state index in [2.05, 4.69) is 5.32 Å². The third-order valence-corrected chi connectivity index (χ3v) is 6.66. The average molecular weight is 471 g/mol. The van der Waals surface area contributed by atoms with Crippen molar-refractivity contribution in [2.45, 2.75) is 4.90 Å². The highest BCUT2D eigenvalue weighted by molar-refractivity contribution is 7.93. The molecule has 3 aromatic carbocycles. The smallest absolute Gasteiger partial charge is 0.293 e. The van der Waals surface area contributed by atoms with Crippen LogP contribution in [-0.2, 0) is 10.0 Å². The molecule has 0 aliphatic carbocycles. The summed E-state index contributed by atoms with van der Waals surface area (Å²) in [6, 6.07) is 16.1. The zero-order chi connectivity index (χ0) is 24.2. The van der Waals surface area contributed by atoms with E-state index in [-0.39, 0.29) is 17.0 Å². The van der Waals surface area contributed by atoms with Gasteiger partial charge in [0.1, 0.15) is 11.5 Å². The van der Waals surface area contributed by atoms with Crippen molar-refractivity contribution in [3.63, 3.8) is 0 Å². The van der Waals surface area contributed by atoms with Crippen molar-refractivity contribution in [1.29, 1.82) is 0 Å². The number of nitrogens with zero attached hydrogens (tertiary/aromatic N) is 2. The summed E-state index contributed by atoms with van der Waals surface area (Å²) >= 11 is 0. The molecule has 0 fully saturated rings. The van der Waals surface area contributed by atoms with Gasteiger partial charge in [0.25, 0.3) is 21.6 Å². The van der Waals surface area contributed by atoms with Crippen molar-refractivity contribution in [2.75, 3.05) is 30.9 Å². The monoisotopic (exact) mass is 471 g/mol. The van der Waals surface area contributed by atoms with Crippen LogP contribution in [0.15, 0.2) is 71.6 Å². The van der Waals surface area contributed by atoms with Gasteiger partial charge in [-0.25, -0.2) is 8.42 Å². The van der Waals surface area contributed by atoms with Crippen LogP contribution >= 0.6 is 0 Å². The van der Waals surface area contributed by atoms with Crippen LogP contribution in [0.1, 0.15) is 10.4 Å². The van der Waals surface area contributed by atoms with Crippen LogP contribution in [0.2, 0.25) is 0 Å². The van der Waals surface area contributed by atoms with Gasteiger partial charge >= 0.3 is 0 Å². The van der Waals surface area contributed by atoms with E-state index in [4.69, 9.17) is 9.47 Å². The standard InChI is InChI=1S/C22H21N3O7S/c1-24(33(29,30)21-13-12-17(32-3)14-20(21)25(27)28)19-7-5-4-6-18(19)22(26)23-15-8-10-16(31-2)11-9-15/h4-14H,1-3H3,(H,23,26). The van der Waals surface area contributed by atoms with Gasteiger partial charge in [-0.3, -0.25) is 19.2 Å². The Bertz CT molecular complexity index is 1290. The molecule has 0 saturated heterocycles. The predicted molar refractivity (Wildman–Crippen MR) is 123 cm³/mol. The minimum atomic E-state index is -4.39. The van der Waals surface area contributed by atoms with Crippen molar-refractivity contribution < 1.29 is 27.6 Å². The number of para-hydroxylation sites is 1. The number of carbonyl (C=O) groups is 1. The van der Waals surface area contributed by atoms with E-state index in [9.17, 15) is 23.3 Å². The first-order chi connectivity index (χ1) is 15.7. The van der Waals surface area contributed by atoms with E-state index >= 15 is 0 Å². The molecule has 0 bridgehead atoms. The average Bonchev–Trinajstić information content (AvgIpc) is 2.83. The Balaban J connectivity index is 1.99. The van der Waals surface area contributed by atoms with E-state index in [1.165, 1.54) is 39.5 Å². The Morgan fingerprint density at radius 1 is 0.970 bits per heavy atom. The van der Waals surface area contributed by atoms with Gasteiger partial charge < -0.3 is 14.8 Å². The van der Waals surface area contributed by atoms with Crippen LogP contribution in [-0.4, -0.2) is 40.5 Å². The number of rotatable bonds is 8. The van der Waals surface area contributed by atoms with Crippen LogP contribution in [0.4, 0.5) is 17.1 Å². The molecule has 0 aliphatic rings. The van der Waals surface area contributed by atoms with Crippen LogP contribution in [0, 0.1) is 10.1 Å². The predicted octanol–water partition coefficient (Wildman–Crippen LogP) is 3.69. The number of hydrogen-bond acceptors (Lipinski definition) is 7. The minimum absolute atomic E-state index is 0.0497. The number of amides is 1. The number of nitro benzene ring substituents is 1. The third kappa shape index (κ3) is 4.88. The highest BCUT2D eigenvalue weighted by atomic mass is 32.2. The molecule has 0 radical (unpaired) electrons. The summed E-state index contributed by atoms with van der Waals surface area (Å²) in [4.78, 5) is 23.1. The topological polar surface area (TPSA) is 128 Å². The molecule has 0 unspecified atom stereocenters. The normalized spacial score (nSPS) is 10.9. The molecule has 1 N–H and O–H groups in total. The molecule has 1 amide bonds. The number of nitrogens with one attached hydrogen (secondary N) is 1. The maximum atomic E-state index is 13.3. The molecule has 172 valence electrons. The van der Waals surface area contributed by atoms with E-state index in [0.29, 0.717) is 11.4 Å². The van der Waals surface area contributed by atoms with Gasteiger partial charge in [0.2, 0.25) is 0 Å². The number of sulfonamides is 1. The number of hydrogen-bond donors (Lipinski definition) is 1. The van der Waals surface area contributed by atoms with Crippen LogP contribution in [0.5, 0.6) is 11.5 Å². The number of ether oxygens (including phenoxy) is 2. The minimum Gasteiger partial charge on any atom is -0.497 e. The fraction of sp³-hybridized carbons (Fsp3) is 0.136. The molecule has 33 heavy (non-hydrogen) atoms. The molecule has 0 atom stereocenters. The van der Waals surface area contributed by atoms with Crippen molar-refractivity contribution in [3.05, 3.63) is 82.4 Å². The lowest BCUT2D eigenvalue weighted by atomic mass is 10.1. The second-order valence-electron chi connectivity index (χ2n) is 6.76. The van der Waals surface area contributed by atoms with Crippen molar-refractivity contribution >= 4 is 33.0 Å². The Morgan fingerprint density at radius 3 is 2.18 bits per heavy atom. The molecule has 0 aromatic heterocycles. The maximum Gasteiger partial charge on any atom is 0.293 e. The van der Waals surface area contributed by atoms with Crippen LogP contribution in [0.25, 0.3) is 0 Å². The number of methoxy groups -OCH3 is 2. The van der Waals surface area contributed by atoms with Gasteiger partial charge in [0, 0.05) is 12.7 Å². The lowest BCUT2D eigenvalue weighted by Crippen LogP contribution is -2.29. The lowest BCUT2D eigenvalue weighted by Gasteiger charge is -2.22. The van der Waals surface area contributed by atoms with E-state index in [1.807, 2.05) is 0 Å². The molecule has 3 rings (SSSR count). The number of carbonyl (C=O) groups excluding carboxylic acids is 1. The fourth-order valence-electron chi connectivity index (χ4n) is 3.07. The molecule has 0 aliphatic heterocycles. The van der Waals surface area contributed by atoms with E-state index in [0.717, 1.165) is 16.4 Å². The summed E-state index contributed by atoms with van der Waals surface area (Å²) in [6.07, 6.45) is 0. The zero-order valence-corrected chi connectivity index (χ0v) is 18.8. The summed E-state index contributed by atoms with van der Waals surface area (Å²) in [5.41, 5.74) is -0.0440.